The Morgan fingerprint density at radius 1 is 1.00 bits per heavy atom. The molecule has 6 nitrogen and oxygen atoms in total. The van der Waals surface area contributed by atoms with Gasteiger partial charge >= 0.3 is 6.01 Å². The lowest BCUT2D eigenvalue weighted by Crippen LogP contribution is -2.12. The lowest BCUT2D eigenvalue weighted by molar-refractivity contribution is 0.102. The lowest BCUT2D eigenvalue weighted by atomic mass is 10.0. The lowest BCUT2D eigenvalue weighted by Gasteiger charge is -2.05. The van der Waals surface area contributed by atoms with E-state index in [-0.39, 0.29) is 17.8 Å². The zero-order valence-corrected chi connectivity index (χ0v) is 14.3. The van der Waals surface area contributed by atoms with E-state index < -0.39 is 0 Å². The smallest absolute Gasteiger partial charge is 0.322 e. The fourth-order valence-corrected chi connectivity index (χ4v) is 2.59. The minimum Gasteiger partial charge on any atom is -0.459 e. The summed E-state index contributed by atoms with van der Waals surface area (Å²) in [5.74, 6) is 0.300. The Labute approximate surface area is 155 Å². The van der Waals surface area contributed by atoms with Gasteiger partial charge in [0.25, 0.3) is 11.8 Å². The van der Waals surface area contributed by atoms with Gasteiger partial charge in [-0.2, -0.15) is 0 Å². The molecule has 0 aliphatic rings. The Kier molecular flexibility index (Phi) is 4.37. The molecule has 0 bridgehead atoms. The predicted molar refractivity (Wildman–Crippen MR) is 102 cm³/mol. The maximum atomic E-state index is 12.5. The maximum absolute atomic E-state index is 12.5. The largest absolute Gasteiger partial charge is 0.459 e. The molecule has 2 aromatic heterocycles. The third kappa shape index (κ3) is 3.55. The van der Waals surface area contributed by atoms with Gasteiger partial charge in [-0.1, -0.05) is 54.2 Å². The number of nitrogens with zero attached hydrogens (tertiary/aromatic N) is 2. The van der Waals surface area contributed by atoms with Crippen molar-refractivity contribution in [3.63, 3.8) is 0 Å². The van der Waals surface area contributed by atoms with Crippen molar-refractivity contribution >= 4 is 18.0 Å². The van der Waals surface area contributed by atoms with E-state index in [0.717, 1.165) is 16.7 Å². The SMILES string of the molecule is C=Cc1ccc(-c2cccc(C(=O)Nc3nnc(-c4ccco4)o3)c2)cc1. The minimum atomic E-state index is -0.339. The molecular formula is C21H15N3O3. The summed E-state index contributed by atoms with van der Waals surface area (Å²) in [6.45, 7) is 3.75. The Bertz CT molecular complexity index is 1080. The number of furan rings is 1. The van der Waals surface area contributed by atoms with E-state index in [1.165, 1.54) is 6.26 Å². The van der Waals surface area contributed by atoms with Gasteiger partial charge in [-0.25, -0.2) is 0 Å². The van der Waals surface area contributed by atoms with Crippen LogP contribution in [0.5, 0.6) is 0 Å². The number of amides is 1. The molecule has 6 heteroatoms. The zero-order valence-electron chi connectivity index (χ0n) is 14.3. The number of rotatable bonds is 5. The van der Waals surface area contributed by atoms with Crippen LogP contribution in [0, 0.1) is 0 Å². The number of benzene rings is 2. The molecule has 4 aromatic rings. The molecule has 0 saturated carbocycles. The molecule has 0 unspecified atom stereocenters. The van der Waals surface area contributed by atoms with Crippen LogP contribution in [-0.4, -0.2) is 16.1 Å². The molecule has 0 fully saturated rings. The second kappa shape index (κ2) is 7.13. The van der Waals surface area contributed by atoms with Crippen molar-refractivity contribution < 1.29 is 13.6 Å². The van der Waals surface area contributed by atoms with Gasteiger partial charge in [0.2, 0.25) is 0 Å². The van der Waals surface area contributed by atoms with Crippen molar-refractivity contribution in [3.05, 3.63) is 84.6 Å². The van der Waals surface area contributed by atoms with E-state index in [0.29, 0.717) is 11.3 Å². The van der Waals surface area contributed by atoms with Crippen molar-refractivity contribution in [2.45, 2.75) is 0 Å². The van der Waals surface area contributed by atoms with Gasteiger partial charge in [-0.3, -0.25) is 10.1 Å². The summed E-state index contributed by atoms with van der Waals surface area (Å²) in [4.78, 5) is 12.5. The summed E-state index contributed by atoms with van der Waals surface area (Å²) >= 11 is 0. The highest BCUT2D eigenvalue weighted by atomic mass is 16.4. The number of hydrogen-bond acceptors (Lipinski definition) is 5. The summed E-state index contributed by atoms with van der Waals surface area (Å²) in [5.41, 5.74) is 3.46. The van der Waals surface area contributed by atoms with Crippen molar-refractivity contribution in [2.24, 2.45) is 0 Å². The predicted octanol–water partition coefficient (Wildman–Crippen LogP) is 4.89. The highest BCUT2D eigenvalue weighted by molar-refractivity contribution is 6.03. The third-order valence-corrected chi connectivity index (χ3v) is 3.98. The Morgan fingerprint density at radius 2 is 1.85 bits per heavy atom. The summed E-state index contributed by atoms with van der Waals surface area (Å²) < 4.78 is 10.6. The van der Waals surface area contributed by atoms with Gasteiger partial charge in [-0.05, 0) is 41.0 Å². The summed E-state index contributed by atoms with van der Waals surface area (Å²) in [6, 6.07) is 18.6. The first-order valence-corrected chi connectivity index (χ1v) is 8.24. The van der Waals surface area contributed by atoms with Gasteiger partial charge < -0.3 is 8.83 Å². The second-order valence-corrected chi connectivity index (χ2v) is 5.75. The third-order valence-electron chi connectivity index (χ3n) is 3.98. The molecular weight excluding hydrogens is 342 g/mol. The molecule has 1 amide bonds. The molecule has 27 heavy (non-hydrogen) atoms. The monoisotopic (exact) mass is 357 g/mol. The summed E-state index contributed by atoms with van der Waals surface area (Å²) in [5, 5.41) is 10.3. The van der Waals surface area contributed by atoms with Crippen LogP contribution in [0.2, 0.25) is 0 Å². The van der Waals surface area contributed by atoms with Gasteiger partial charge in [-0.15, -0.1) is 5.10 Å². The van der Waals surface area contributed by atoms with E-state index in [1.807, 2.05) is 42.5 Å². The minimum absolute atomic E-state index is 0.00661. The van der Waals surface area contributed by atoms with E-state index in [2.05, 4.69) is 22.1 Å². The number of anilines is 1. The van der Waals surface area contributed by atoms with E-state index in [1.54, 1.807) is 24.3 Å². The molecule has 4 rings (SSSR count). The average molecular weight is 357 g/mol. The Morgan fingerprint density at radius 3 is 2.59 bits per heavy atom. The summed E-state index contributed by atoms with van der Waals surface area (Å²) in [6.07, 6.45) is 3.29. The van der Waals surface area contributed by atoms with Gasteiger partial charge in [0.1, 0.15) is 0 Å². The maximum Gasteiger partial charge on any atom is 0.322 e. The Hall–Kier alpha value is -3.93. The molecule has 0 aliphatic carbocycles. The number of aromatic nitrogens is 2. The molecule has 0 aliphatic heterocycles. The molecule has 132 valence electrons. The first-order chi connectivity index (χ1) is 13.2. The number of nitrogens with one attached hydrogen (secondary N) is 1. The van der Waals surface area contributed by atoms with Gasteiger partial charge in [0.05, 0.1) is 6.26 Å². The highest BCUT2D eigenvalue weighted by Crippen LogP contribution is 2.23. The normalized spacial score (nSPS) is 10.5. The topological polar surface area (TPSA) is 81.2 Å². The summed E-state index contributed by atoms with van der Waals surface area (Å²) in [7, 11) is 0. The zero-order chi connectivity index (χ0) is 18.6. The number of carbonyl (C=O) groups excluding carboxylic acids is 1. The first-order valence-electron chi connectivity index (χ1n) is 8.24. The van der Waals surface area contributed by atoms with Gasteiger partial charge in [0.15, 0.2) is 5.76 Å². The van der Waals surface area contributed by atoms with Crippen LogP contribution in [0.15, 0.2) is 82.3 Å². The van der Waals surface area contributed by atoms with Gasteiger partial charge in [0, 0.05) is 5.56 Å². The highest BCUT2D eigenvalue weighted by Gasteiger charge is 2.14. The molecule has 2 aromatic carbocycles. The average Bonchev–Trinajstić information content (AvgIpc) is 3.40. The van der Waals surface area contributed by atoms with Crippen LogP contribution >= 0.6 is 0 Å². The van der Waals surface area contributed by atoms with Crippen LogP contribution in [0.3, 0.4) is 0 Å². The van der Waals surface area contributed by atoms with E-state index >= 15 is 0 Å². The molecule has 1 N–H and O–H groups in total. The van der Waals surface area contributed by atoms with Crippen LogP contribution in [0.4, 0.5) is 6.01 Å². The van der Waals surface area contributed by atoms with Crippen molar-refractivity contribution in [1.29, 1.82) is 0 Å². The molecule has 0 spiro atoms. The molecule has 0 saturated heterocycles. The quantitative estimate of drug-likeness (QED) is 0.550. The van der Waals surface area contributed by atoms with Crippen molar-refractivity contribution in [1.82, 2.24) is 10.2 Å². The van der Waals surface area contributed by atoms with E-state index in [4.69, 9.17) is 8.83 Å². The molecule has 0 radical (unpaired) electrons. The van der Waals surface area contributed by atoms with Crippen molar-refractivity contribution in [2.75, 3.05) is 5.32 Å². The number of carbonyl (C=O) groups is 1. The van der Waals surface area contributed by atoms with E-state index in [9.17, 15) is 4.79 Å². The van der Waals surface area contributed by atoms with Crippen LogP contribution in [0.25, 0.3) is 28.9 Å². The van der Waals surface area contributed by atoms with Crippen LogP contribution in [0.1, 0.15) is 15.9 Å². The first kappa shape index (κ1) is 16.5. The fraction of sp³-hybridized carbons (Fsp3) is 0. The number of hydrogen-bond donors (Lipinski definition) is 1. The fourth-order valence-electron chi connectivity index (χ4n) is 2.59. The van der Waals surface area contributed by atoms with Crippen LogP contribution < -0.4 is 5.32 Å². The molecule has 0 atom stereocenters. The Balaban J connectivity index is 1.53. The van der Waals surface area contributed by atoms with Crippen LogP contribution in [-0.2, 0) is 0 Å². The standard InChI is InChI=1S/C21H15N3O3/c1-2-14-8-10-15(11-9-14)16-5-3-6-17(13-16)19(25)22-21-24-23-20(27-21)18-7-4-12-26-18/h2-13H,1H2,(H,22,24,25). The van der Waals surface area contributed by atoms with Crippen molar-refractivity contribution in [3.8, 4) is 22.8 Å². The second-order valence-electron chi connectivity index (χ2n) is 5.75. The molecule has 2 heterocycles.